The highest BCUT2D eigenvalue weighted by atomic mass is 16.5. The molecule has 0 bridgehead atoms. The van der Waals surface area contributed by atoms with Crippen LogP contribution in [0, 0.1) is 0 Å². The lowest BCUT2D eigenvalue weighted by Gasteiger charge is -2.04. The Kier molecular flexibility index (Phi) is 5.07. The summed E-state index contributed by atoms with van der Waals surface area (Å²) in [5.74, 6) is 1.89. The van der Waals surface area contributed by atoms with Crippen molar-refractivity contribution in [3.05, 3.63) is 29.0 Å². The molecule has 1 aromatic heterocycles. The summed E-state index contributed by atoms with van der Waals surface area (Å²) in [7, 11) is 1.71. The first kappa shape index (κ1) is 14.9. The highest BCUT2D eigenvalue weighted by Crippen LogP contribution is 2.34. The SMILES string of the molecule is CCCNCc1oc2c(OC)cc(CC)cc2c1CC. The summed E-state index contributed by atoms with van der Waals surface area (Å²) in [4.78, 5) is 0. The van der Waals surface area contributed by atoms with Gasteiger partial charge in [-0.25, -0.2) is 0 Å². The average Bonchev–Trinajstić information content (AvgIpc) is 2.83. The van der Waals surface area contributed by atoms with Crippen LogP contribution in [0.1, 0.15) is 44.1 Å². The first-order chi connectivity index (χ1) is 9.74. The number of methoxy groups -OCH3 is 1. The summed E-state index contributed by atoms with van der Waals surface area (Å²) in [5.41, 5.74) is 3.48. The van der Waals surface area contributed by atoms with Crippen LogP contribution < -0.4 is 10.1 Å². The molecule has 20 heavy (non-hydrogen) atoms. The molecule has 1 heterocycles. The fourth-order valence-corrected chi connectivity index (χ4v) is 2.59. The van der Waals surface area contributed by atoms with E-state index in [0.717, 1.165) is 49.4 Å². The second kappa shape index (κ2) is 6.80. The fraction of sp³-hybridized carbons (Fsp3) is 0.529. The lowest BCUT2D eigenvalue weighted by atomic mass is 10.0. The second-order valence-corrected chi connectivity index (χ2v) is 5.06. The molecule has 0 aliphatic rings. The third-order valence-corrected chi connectivity index (χ3v) is 3.70. The van der Waals surface area contributed by atoms with Crippen molar-refractivity contribution in [3.63, 3.8) is 0 Å². The molecule has 2 aromatic rings. The molecule has 0 saturated heterocycles. The van der Waals surface area contributed by atoms with E-state index in [1.54, 1.807) is 7.11 Å². The van der Waals surface area contributed by atoms with Crippen LogP contribution in [-0.2, 0) is 19.4 Å². The summed E-state index contributed by atoms with van der Waals surface area (Å²) in [6.45, 7) is 8.31. The van der Waals surface area contributed by atoms with Gasteiger partial charge in [-0.05, 0) is 43.5 Å². The Labute approximate surface area is 121 Å². The zero-order valence-corrected chi connectivity index (χ0v) is 13.0. The molecule has 2 rings (SSSR count). The van der Waals surface area contributed by atoms with Crippen molar-refractivity contribution in [2.45, 2.75) is 46.6 Å². The van der Waals surface area contributed by atoms with Gasteiger partial charge in [-0.1, -0.05) is 20.8 Å². The molecule has 110 valence electrons. The lowest BCUT2D eigenvalue weighted by Crippen LogP contribution is -2.14. The minimum absolute atomic E-state index is 0.788. The molecular formula is C17H25NO2. The normalized spacial score (nSPS) is 11.2. The zero-order valence-electron chi connectivity index (χ0n) is 13.0. The van der Waals surface area contributed by atoms with E-state index >= 15 is 0 Å². The van der Waals surface area contributed by atoms with Gasteiger partial charge in [0.25, 0.3) is 0 Å². The topological polar surface area (TPSA) is 34.4 Å². The Morgan fingerprint density at radius 3 is 2.55 bits per heavy atom. The number of aryl methyl sites for hydroxylation is 2. The number of rotatable bonds is 7. The van der Waals surface area contributed by atoms with Gasteiger partial charge in [0.15, 0.2) is 11.3 Å². The van der Waals surface area contributed by atoms with Gasteiger partial charge in [-0.2, -0.15) is 0 Å². The summed E-state index contributed by atoms with van der Waals surface area (Å²) < 4.78 is 11.6. The van der Waals surface area contributed by atoms with Crippen LogP contribution in [0.5, 0.6) is 5.75 Å². The number of fused-ring (bicyclic) bond motifs is 1. The number of nitrogens with one attached hydrogen (secondary N) is 1. The third kappa shape index (κ3) is 2.83. The zero-order chi connectivity index (χ0) is 14.5. The van der Waals surface area contributed by atoms with E-state index in [0.29, 0.717) is 0 Å². The smallest absolute Gasteiger partial charge is 0.176 e. The number of hydrogen-bond donors (Lipinski definition) is 1. The monoisotopic (exact) mass is 275 g/mol. The van der Waals surface area contributed by atoms with Crippen LogP contribution in [0.2, 0.25) is 0 Å². The number of furan rings is 1. The first-order valence-corrected chi connectivity index (χ1v) is 7.56. The molecule has 1 aromatic carbocycles. The summed E-state index contributed by atoms with van der Waals surface area (Å²) in [6.07, 6.45) is 3.11. The molecule has 0 amide bonds. The summed E-state index contributed by atoms with van der Waals surface area (Å²) in [5, 5.41) is 4.62. The lowest BCUT2D eigenvalue weighted by molar-refractivity contribution is 0.405. The standard InChI is InChI=1S/C17H25NO2/c1-5-8-18-11-16-13(7-3)14-9-12(6-2)10-15(19-4)17(14)20-16/h9-10,18H,5-8,11H2,1-4H3. The van der Waals surface area contributed by atoms with Crippen molar-refractivity contribution >= 4 is 11.0 Å². The molecule has 3 nitrogen and oxygen atoms in total. The third-order valence-electron chi connectivity index (χ3n) is 3.70. The van der Waals surface area contributed by atoms with Crippen molar-refractivity contribution in [1.29, 1.82) is 0 Å². The van der Waals surface area contributed by atoms with Gasteiger partial charge in [-0.3, -0.25) is 0 Å². The van der Waals surface area contributed by atoms with Gasteiger partial charge < -0.3 is 14.5 Å². The van der Waals surface area contributed by atoms with Crippen LogP contribution in [-0.4, -0.2) is 13.7 Å². The van der Waals surface area contributed by atoms with Crippen molar-refractivity contribution in [2.24, 2.45) is 0 Å². The highest BCUT2D eigenvalue weighted by molar-refractivity contribution is 5.88. The predicted octanol–water partition coefficient (Wildman–Crippen LogP) is 4.07. The molecule has 0 aliphatic carbocycles. The fourth-order valence-electron chi connectivity index (χ4n) is 2.59. The van der Waals surface area contributed by atoms with Gasteiger partial charge in [0.2, 0.25) is 0 Å². The summed E-state index contributed by atoms with van der Waals surface area (Å²) >= 11 is 0. The Hall–Kier alpha value is -1.48. The van der Waals surface area contributed by atoms with Crippen molar-refractivity contribution in [3.8, 4) is 5.75 Å². The van der Waals surface area contributed by atoms with Crippen molar-refractivity contribution in [1.82, 2.24) is 5.32 Å². The molecule has 1 N–H and O–H groups in total. The van der Waals surface area contributed by atoms with E-state index in [2.05, 4.69) is 38.2 Å². The van der Waals surface area contributed by atoms with E-state index in [1.165, 1.54) is 16.5 Å². The van der Waals surface area contributed by atoms with E-state index in [9.17, 15) is 0 Å². The maximum atomic E-state index is 6.07. The predicted molar refractivity (Wildman–Crippen MR) is 83.5 cm³/mol. The quantitative estimate of drug-likeness (QED) is 0.774. The van der Waals surface area contributed by atoms with Gasteiger partial charge in [-0.15, -0.1) is 0 Å². The summed E-state index contributed by atoms with van der Waals surface area (Å²) in [6, 6.07) is 4.32. The van der Waals surface area contributed by atoms with Crippen LogP contribution >= 0.6 is 0 Å². The Bertz CT molecular complexity index is 572. The average molecular weight is 275 g/mol. The molecular weight excluding hydrogens is 250 g/mol. The number of benzene rings is 1. The molecule has 0 atom stereocenters. The maximum Gasteiger partial charge on any atom is 0.176 e. The Balaban J connectivity index is 2.49. The van der Waals surface area contributed by atoms with Crippen LogP contribution in [0.15, 0.2) is 16.5 Å². The van der Waals surface area contributed by atoms with Gasteiger partial charge in [0, 0.05) is 10.9 Å². The molecule has 0 spiro atoms. The van der Waals surface area contributed by atoms with Crippen molar-refractivity contribution < 1.29 is 9.15 Å². The first-order valence-electron chi connectivity index (χ1n) is 7.56. The molecule has 0 radical (unpaired) electrons. The highest BCUT2D eigenvalue weighted by Gasteiger charge is 2.16. The molecule has 0 fully saturated rings. The van der Waals surface area contributed by atoms with Gasteiger partial charge >= 0.3 is 0 Å². The molecule has 3 heteroatoms. The van der Waals surface area contributed by atoms with E-state index < -0.39 is 0 Å². The Morgan fingerprint density at radius 2 is 1.95 bits per heavy atom. The maximum absolute atomic E-state index is 6.07. The Morgan fingerprint density at radius 1 is 1.15 bits per heavy atom. The second-order valence-electron chi connectivity index (χ2n) is 5.06. The number of hydrogen-bond acceptors (Lipinski definition) is 3. The van der Waals surface area contributed by atoms with E-state index in [1.807, 2.05) is 0 Å². The van der Waals surface area contributed by atoms with Crippen LogP contribution in [0.25, 0.3) is 11.0 Å². The van der Waals surface area contributed by atoms with Crippen molar-refractivity contribution in [2.75, 3.05) is 13.7 Å². The minimum atomic E-state index is 0.788. The van der Waals surface area contributed by atoms with E-state index in [-0.39, 0.29) is 0 Å². The van der Waals surface area contributed by atoms with Crippen LogP contribution in [0.3, 0.4) is 0 Å². The van der Waals surface area contributed by atoms with Gasteiger partial charge in [0.05, 0.1) is 13.7 Å². The molecule has 0 saturated carbocycles. The van der Waals surface area contributed by atoms with Crippen LogP contribution in [0.4, 0.5) is 0 Å². The van der Waals surface area contributed by atoms with E-state index in [4.69, 9.17) is 9.15 Å². The minimum Gasteiger partial charge on any atom is -0.493 e. The largest absolute Gasteiger partial charge is 0.493 e. The van der Waals surface area contributed by atoms with Gasteiger partial charge in [0.1, 0.15) is 5.76 Å². The molecule has 0 unspecified atom stereocenters. The number of ether oxygens (including phenoxy) is 1. The molecule has 0 aliphatic heterocycles.